The van der Waals surface area contributed by atoms with Gasteiger partial charge in [-0.25, -0.2) is 9.59 Å². The van der Waals surface area contributed by atoms with E-state index < -0.39 is 36.0 Å². The average Bonchev–Trinajstić information content (AvgIpc) is 3.00. The zero-order valence-electron chi connectivity index (χ0n) is 25.5. The average molecular weight is 596 g/mol. The van der Waals surface area contributed by atoms with Crippen LogP contribution in [0.4, 0.5) is 9.59 Å². The number of amides is 2. The van der Waals surface area contributed by atoms with E-state index in [-0.39, 0.29) is 13.0 Å². The van der Waals surface area contributed by atoms with Crippen LogP contribution in [-0.2, 0) is 28.9 Å². The Morgan fingerprint density at radius 3 is 1.98 bits per heavy atom. The highest BCUT2D eigenvalue weighted by Gasteiger charge is 2.28. The number of rotatable bonds is 12. The standard InChI is InChI=1S/C36H41N3O5/c1-36(2,3)44-35(42)38-30(22-26-12-6-4-7-13-26)24-33(40)32(39-34(41)43-25-28-14-8-5-9-15-28)23-27-17-19-29(20-18-27)31-16-10-11-21-37-31/h4-21,30,32-33,40H,22-25H2,1-3H3,(H,38,42)(H,39,41)/t30-,32-,33-/m0/s1. The van der Waals surface area contributed by atoms with E-state index in [9.17, 15) is 14.7 Å². The van der Waals surface area contributed by atoms with E-state index in [0.29, 0.717) is 12.8 Å². The van der Waals surface area contributed by atoms with Crippen molar-refractivity contribution < 1.29 is 24.2 Å². The molecule has 0 saturated heterocycles. The zero-order valence-corrected chi connectivity index (χ0v) is 25.5. The Kier molecular flexibility index (Phi) is 11.5. The fraction of sp³-hybridized carbons (Fsp3) is 0.306. The maximum atomic E-state index is 12.9. The first-order chi connectivity index (χ1) is 21.1. The summed E-state index contributed by atoms with van der Waals surface area (Å²) in [6.45, 7) is 5.50. The highest BCUT2D eigenvalue weighted by molar-refractivity contribution is 5.68. The number of carbonyl (C=O) groups excluding carboxylic acids is 2. The Labute approximate surface area is 259 Å². The molecule has 1 aromatic heterocycles. The molecule has 0 radical (unpaired) electrons. The number of pyridine rings is 1. The summed E-state index contributed by atoms with van der Waals surface area (Å²) in [5.41, 5.74) is 3.92. The van der Waals surface area contributed by atoms with Gasteiger partial charge in [-0.15, -0.1) is 0 Å². The van der Waals surface area contributed by atoms with Gasteiger partial charge in [-0.2, -0.15) is 0 Å². The van der Waals surface area contributed by atoms with Crippen molar-refractivity contribution in [2.45, 2.75) is 70.4 Å². The van der Waals surface area contributed by atoms with E-state index in [4.69, 9.17) is 9.47 Å². The molecule has 4 aromatic rings. The molecule has 3 N–H and O–H groups in total. The van der Waals surface area contributed by atoms with Crippen molar-refractivity contribution in [3.8, 4) is 11.3 Å². The fourth-order valence-electron chi connectivity index (χ4n) is 4.82. The minimum Gasteiger partial charge on any atom is -0.445 e. The Bertz CT molecular complexity index is 1440. The van der Waals surface area contributed by atoms with Crippen LogP contribution in [-0.4, -0.2) is 46.1 Å². The Balaban J connectivity index is 1.50. The summed E-state index contributed by atoms with van der Waals surface area (Å²) < 4.78 is 11.0. The lowest BCUT2D eigenvalue weighted by molar-refractivity contribution is 0.0463. The van der Waals surface area contributed by atoms with E-state index in [2.05, 4.69) is 15.6 Å². The first kappa shape index (κ1) is 32.2. The van der Waals surface area contributed by atoms with Crippen LogP contribution in [0.2, 0.25) is 0 Å². The van der Waals surface area contributed by atoms with Gasteiger partial charge in [0.05, 0.1) is 17.8 Å². The maximum absolute atomic E-state index is 12.9. The summed E-state index contributed by atoms with van der Waals surface area (Å²) in [5.74, 6) is 0. The number of nitrogens with one attached hydrogen (secondary N) is 2. The van der Waals surface area contributed by atoms with Crippen molar-refractivity contribution in [1.29, 1.82) is 0 Å². The highest BCUT2D eigenvalue weighted by Crippen LogP contribution is 2.20. The van der Waals surface area contributed by atoms with E-state index in [0.717, 1.165) is 27.9 Å². The molecule has 0 aliphatic heterocycles. The molecule has 230 valence electrons. The van der Waals surface area contributed by atoms with E-state index in [1.54, 1.807) is 27.0 Å². The summed E-state index contributed by atoms with van der Waals surface area (Å²) in [7, 11) is 0. The van der Waals surface area contributed by atoms with E-state index in [1.807, 2.05) is 103 Å². The fourth-order valence-corrected chi connectivity index (χ4v) is 4.82. The number of hydrogen-bond donors (Lipinski definition) is 3. The molecule has 0 saturated carbocycles. The number of hydrogen-bond acceptors (Lipinski definition) is 6. The minimum absolute atomic E-state index is 0.102. The lowest BCUT2D eigenvalue weighted by Gasteiger charge is -2.29. The normalized spacial score (nSPS) is 13.3. The second-order valence-electron chi connectivity index (χ2n) is 11.8. The molecule has 8 nitrogen and oxygen atoms in total. The van der Waals surface area contributed by atoms with Gasteiger partial charge >= 0.3 is 12.2 Å². The van der Waals surface area contributed by atoms with Gasteiger partial charge in [-0.05, 0) is 68.9 Å². The summed E-state index contributed by atoms with van der Waals surface area (Å²) in [6.07, 6.45) is 0.515. The van der Waals surface area contributed by atoms with Crippen molar-refractivity contribution in [2.24, 2.45) is 0 Å². The summed E-state index contributed by atoms with van der Waals surface area (Å²) >= 11 is 0. The molecule has 0 aliphatic carbocycles. The van der Waals surface area contributed by atoms with Crippen LogP contribution >= 0.6 is 0 Å². The Morgan fingerprint density at radius 1 is 0.750 bits per heavy atom. The summed E-state index contributed by atoms with van der Waals surface area (Å²) in [4.78, 5) is 30.1. The number of nitrogens with zero attached hydrogens (tertiary/aromatic N) is 1. The molecule has 2 amide bonds. The molecule has 0 aliphatic rings. The van der Waals surface area contributed by atoms with E-state index in [1.165, 1.54) is 0 Å². The third-order valence-electron chi connectivity index (χ3n) is 6.92. The topological polar surface area (TPSA) is 110 Å². The van der Waals surface area contributed by atoms with Crippen molar-refractivity contribution in [3.05, 3.63) is 126 Å². The Hall–Kier alpha value is -4.69. The molecule has 4 rings (SSSR count). The summed E-state index contributed by atoms with van der Waals surface area (Å²) in [6, 6.07) is 31.6. The molecule has 3 atom stereocenters. The second-order valence-corrected chi connectivity index (χ2v) is 11.8. The quantitative estimate of drug-likeness (QED) is 0.173. The van der Waals surface area contributed by atoms with Crippen LogP contribution < -0.4 is 10.6 Å². The van der Waals surface area contributed by atoms with Crippen LogP contribution in [0.3, 0.4) is 0 Å². The number of carbonyl (C=O) groups is 2. The highest BCUT2D eigenvalue weighted by atomic mass is 16.6. The summed E-state index contributed by atoms with van der Waals surface area (Å²) in [5, 5.41) is 17.4. The minimum atomic E-state index is -1.02. The van der Waals surface area contributed by atoms with Crippen LogP contribution in [0.5, 0.6) is 0 Å². The van der Waals surface area contributed by atoms with Crippen LogP contribution in [0.15, 0.2) is 109 Å². The zero-order chi connectivity index (χ0) is 31.4. The number of aliphatic hydroxyl groups is 1. The van der Waals surface area contributed by atoms with Gasteiger partial charge in [0, 0.05) is 17.8 Å². The number of benzene rings is 3. The monoisotopic (exact) mass is 595 g/mol. The molecule has 0 unspecified atom stereocenters. The Morgan fingerprint density at radius 2 is 1.36 bits per heavy atom. The molecule has 8 heteroatoms. The molecule has 0 bridgehead atoms. The van der Waals surface area contributed by atoms with Gasteiger partial charge in [-0.1, -0.05) is 91.0 Å². The van der Waals surface area contributed by atoms with Crippen molar-refractivity contribution in [3.63, 3.8) is 0 Å². The number of alkyl carbamates (subject to hydrolysis) is 2. The van der Waals surface area contributed by atoms with Crippen LogP contribution in [0.1, 0.15) is 43.9 Å². The maximum Gasteiger partial charge on any atom is 0.407 e. The van der Waals surface area contributed by atoms with Gasteiger partial charge in [0.25, 0.3) is 0 Å². The molecule has 0 spiro atoms. The number of ether oxygens (including phenoxy) is 2. The molecule has 44 heavy (non-hydrogen) atoms. The van der Waals surface area contributed by atoms with Crippen LogP contribution in [0, 0.1) is 0 Å². The predicted octanol–water partition coefficient (Wildman–Crippen LogP) is 6.47. The molecular weight excluding hydrogens is 554 g/mol. The first-order valence-corrected chi connectivity index (χ1v) is 14.8. The largest absolute Gasteiger partial charge is 0.445 e. The van der Waals surface area contributed by atoms with Crippen molar-refractivity contribution in [1.82, 2.24) is 15.6 Å². The number of aliphatic hydroxyl groups excluding tert-OH is 1. The first-order valence-electron chi connectivity index (χ1n) is 14.8. The second kappa shape index (κ2) is 15.7. The molecule has 0 fully saturated rings. The van der Waals surface area contributed by atoms with Crippen molar-refractivity contribution in [2.75, 3.05) is 0 Å². The van der Waals surface area contributed by atoms with Crippen molar-refractivity contribution >= 4 is 12.2 Å². The van der Waals surface area contributed by atoms with E-state index >= 15 is 0 Å². The lowest BCUT2D eigenvalue weighted by atomic mass is 9.93. The number of aromatic nitrogens is 1. The van der Waals surface area contributed by atoms with Gasteiger partial charge in [-0.3, -0.25) is 4.98 Å². The van der Waals surface area contributed by atoms with Gasteiger partial charge in [0.1, 0.15) is 12.2 Å². The lowest BCUT2D eigenvalue weighted by Crippen LogP contribution is -2.49. The van der Waals surface area contributed by atoms with Gasteiger partial charge < -0.3 is 25.2 Å². The van der Waals surface area contributed by atoms with Gasteiger partial charge in [0.15, 0.2) is 0 Å². The third-order valence-corrected chi connectivity index (χ3v) is 6.92. The molecule has 3 aromatic carbocycles. The molecule has 1 heterocycles. The third kappa shape index (κ3) is 10.9. The van der Waals surface area contributed by atoms with Gasteiger partial charge in [0.2, 0.25) is 0 Å². The SMILES string of the molecule is CC(C)(C)OC(=O)N[C@@H](Cc1ccccc1)C[C@H](O)[C@H](Cc1ccc(-c2ccccn2)cc1)NC(=O)OCc1ccccc1. The molecular formula is C36H41N3O5. The van der Waals surface area contributed by atoms with Crippen LogP contribution in [0.25, 0.3) is 11.3 Å². The smallest absolute Gasteiger partial charge is 0.407 e. The predicted molar refractivity (Wildman–Crippen MR) is 171 cm³/mol.